The Balaban J connectivity index is 1.72. The first-order valence-corrected chi connectivity index (χ1v) is 7.79. The number of fused-ring (bicyclic) bond motifs is 2. The van der Waals surface area contributed by atoms with Gasteiger partial charge < -0.3 is 19.3 Å². The molecular weight excluding hydrogens is 282 g/mol. The van der Waals surface area contributed by atoms with Gasteiger partial charge in [-0.1, -0.05) is 12.2 Å². The quantitative estimate of drug-likeness (QED) is 0.790. The summed E-state index contributed by atoms with van der Waals surface area (Å²) in [5.41, 5.74) is 2.08. The second-order valence-corrected chi connectivity index (χ2v) is 6.63. The van der Waals surface area contributed by atoms with Gasteiger partial charge in [0, 0.05) is 26.2 Å². The fourth-order valence-electron chi connectivity index (χ4n) is 4.69. The summed E-state index contributed by atoms with van der Waals surface area (Å²) in [6, 6.07) is 4.44. The van der Waals surface area contributed by atoms with Crippen LogP contribution in [0.15, 0.2) is 24.3 Å². The normalized spacial score (nSPS) is 40.5. The van der Waals surface area contributed by atoms with Crippen LogP contribution in [0.1, 0.15) is 17.5 Å². The molecule has 0 aromatic heterocycles. The van der Waals surface area contributed by atoms with Crippen LogP contribution in [0.4, 0.5) is 0 Å². The average molecular weight is 301 g/mol. The molecule has 2 bridgehead atoms. The molecule has 5 rings (SSSR count). The van der Waals surface area contributed by atoms with Crippen molar-refractivity contribution in [3.05, 3.63) is 35.4 Å². The van der Waals surface area contributed by atoms with E-state index in [9.17, 15) is 5.11 Å². The van der Waals surface area contributed by atoms with E-state index in [1.807, 2.05) is 0 Å². The molecule has 3 heterocycles. The number of aliphatic hydroxyl groups is 1. The van der Waals surface area contributed by atoms with E-state index in [-0.39, 0.29) is 24.4 Å². The fourth-order valence-corrected chi connectivity index (χ4v) is 4.69. The van der Waals surface area contributed by atoms with Crippen molar-refractivity contribution in [2.75, 3.05) is 20.4 Å². The standard InChI is InChI=1S/C17H19NO4/c1-20-11-2-3-17-12-6-14-13(21-9-22-14)4-10(12)7-18(8-16(17)19)15(17)5-11/h2-4,6,11,15-16,19H,5,7-9H2,1H3/t11-,15+,16?,17-/m1/s1. The first-order chi connectivity index (χ1) is 10.7. The number of rotatable bonds is 1. The molecule has 2 unspecified atom stereocenters. The average Bonchev–Trinajstić information content (AvgIpc) is 3.06. The Labute approximate surface area is 129 Å². The summed E-state index contributed by atoms with van der Waals surface area (Å²) in [6.45, 7) is 1.83. The van der Waals surface area contributed by atoms with Gasteiger partial charge in [0.1, 0.15) is 0 Å². The monoisotopic (exact) mass is 301 g/mol. The summed E-state index contributed by atoms with van der Waals surface area (Å²) in [5.74, 6) is 1.61. The Bertz CT molecular complexity index is 673. The van der Waals surface area contributed by atoms with Crippen LogP contribution < -0.4 is 9.47 Å². The van der Waals surface area contributed by atoms with Gasteiger partial charge in [-0.25, -0.2) is 0 Å². The molecule has 1 fully saturated rings. The molecule has 3 aliphatic heterocycles. The SMILES string of the molecule is CO[C@@H]1C=C[C@]23c4cc5c(cc4CN(CC2O)[C@H]3C1)OCO5. The number of hydrogen-bond donors (Lipinski definition) is 1. The molecule has 0 spiro atoms. The van der Waals surface area contributed by atoms with Crippen LogP contribution in [0.5, 0.6) is 11.5 Å². The number of methoxy groups -OCH3 is 1. The molecule has 22 heavy (non-hydrogen) atoms. The van der Waals surface area contributed by atoms with Crippen molar-refractivity contribution in [2.24, 2.45) is 0 Å². The number of hydrogen-bond acceptors (Lipinski definition) is 5. The largest absolute Gasteiger partial charge is 0.454 e. The van der Waals surface area contributed by atoms with Gasteiger partial charge in [-0.2, -0.15) is 0 Å². The number of ether oxygens (including phenoxy) is 3. The molecule has 1 N–H and O–H groups in total. The summed E-state index contributed by atoms with van der Waals surface area (Å²) in [5, 5.41) is 10.8. The van der Waals surface area contributed by atoms with E-state index in [1.165, 1.54) is 11.1 Å². The number of nitrogens with zero attached hydrogens (tertiary/aromatic N) is 1. The Morgan fingerprint density at radius 2 is 2.14 bits per heavy atom. The molecule has 4 aliphatic rings. The highest BCUT2D eigenvalue weighted by Crippen LogP contribution is 2.53. The van der Waals surface area contributed by atoms with Crippen molar-refractivity contribution in [3.8, 4) is 11.5 Å². The maximum Gasteiger partial charge on any atom is 0.231 e. The van der Waals surface area contributed by atoms with E-state index in [1.54, 1.807) is 7.11 Å². The van der Waals surface area contributed by atoms with Gasteiger partial charge in [-0.05, 0) is 29.7 Å². The Hall–Kier alpha value is -1.56. The molecule has 5 nitrogen and oxygen atoms in total. The zero-order valence-electron chi connectivity index (χ0n) is 12.5. The maximum absolute atomic E-state index is 10.8. The first-order valence-electron chi connectivity index (χ1n) is 7.79. The summed E-state index contributed by atoms with van der Waals surface area (Å²) in [4.78, 5) is 2.38. The minimum Gasteiger partial charge on any atom is -0.454 e. The predicted octanol–water partition coefficient (Wildman–Crippen LogP) is 1.19. The molecule has 1 aromatic carbocycles. The van der Waals surface area contributed by atoms with E-state index in [0.717, 1.165) is 24.5 Å². The van der Waals surface area contributed by atoms with Crippen molar-refractivity contribution < 1.29 is 19.3 Å². The van der Waals surface area contributed by atoms with Crippen LogP contribution >= 0.6 is 0 Å². The van der Waals surface area contributed by atoms with Gasteiger partial charge in [-0.3, -0.25) is 4.90 Å². The van der Waals surface area contributed by atoms with Gasteiger partial charge in [0.25, 0.3) is 0 Å². The lowest BCUT2D eigenvalue weighted by atomic mass is 9.65. The third kappa shape index (κ3) is 1.44. The van der Waals surface area contributed by atoms with Gasteiger partial charge in [0.05, 0.1) is 17.6 Å². The summed E-state index contributed by atoms with van der Waals surface area (Å²) >= 11 is 0. The lowest BCUT2D eigenvalue weighted by molar-refractivity contribution is 0.0660. The van der Waals surface area contributed by atoms with Crippen LogP contribution in [-0.4, -0.2) is 48.7 Å². The van der Waals surface area contributed by atoms with Crippen LogP contribution in [0.2, 0.25) is 0 Å². The Morgan fingerprint density at radius 1 is 1.32 bits per heavy atom. The third-order valence-corrected chi connectivity index (χ3v) is 5.73. The lowest BCUT2D eigenvalue weighted by Gasteiger charge is -2.46. The first kappa shape index (κ1) is 12.9. The molecule has 1 aromatic rings. The zero-order valence-corrected chi connectivity index (χ0v) is 12.5. The fraction of sp³-hybridized carbons (Fsp3) is 0.529. The molecule has 0 saturated carbocycles. The van der Waals surface area contributed by atoms with Crippen LogP contribution in [0.25, 0.3) is 0 Å². The van der Waals surface area contributed by atoms with Crippen molar-refractivity contribution >= 4 is 0 Å². The highest BCUT2D eigenvalue weighted by atomic mass is 16.7. The van der Waals surface area contributed by atoms with Gasteiger partial charge in [0.15, 0.2) is 11.5 Å². The second-order valence-electron chi connectivity index (χ2n) is 6.63. The lowest BCUT2D eigenvalue weighted by Crippen LogP contribution is -2.52. The highest BCUT2D eigenvalue weighted by Gasteiger charge is 2.58. The molecule has 5 heteroatoms. The van der Waals surface area contributed by atoms with Gasteiger partial charge in [0.2, 0.25) is 6.79 Å². The second kappa shape index (κ2) is 4.25. The van der Waals surface area contributed by atoms with Crippen molar-refractivity contribution in [1.29, 1.82) is 0 Å². The molecule has 116 valence electrons. The Kier molecular flexibility index (Phi) is 2.50. The van der Waals surface area contributed by atoms with E-state index < -0.39 is 6.10 Å². The molecule has 0 amide bonds. The number of benzene rings is 1. The zero-order chi connectivity index (χ0) is 14.9. The summed E-state index contributed by atoms with van der Waals surface area (Å²) in [6.07, 6.45) is 4.91. The molecule has 5 atom stereocenters. The van der Waals surface area contributed by atoms with E-state index in [2.05, 4.69) is 29.2 Å². The van der Waals surface area contributed by atoms with Crippen molar-refractivity contribution in [2.45, 2.75) is 36.6 Å². The number of aliphatic hydroxyl groups excluding tert-OH is 1. The van der Waals surface area contributed by atoms with E-state index >= 15 is 0 Å². The minimum absolute atomic E-state index is 0.126. The van der Waals surface area contributed by atoms with E-state index in [4.69, 9.17) is 14.2 Å². The molecule has 1 aliphatic carbocycles. The van der Waals surface area contributed by atoms with Gasteiger partial charge in [-0.15, -0.1) is 0 Å². The van der Waals surface area contributed by atoms with Crippen molar-refractivity contribution in [1.82, 2.24) is 4.90 Å². The van der Waals surface area contributed by atoms with Crippen LogP contribution in [0.3, 0.4) is 0 Å². The highest BCUT2D eigenvalue weighted by molar-refractivity contribution is 5.56. The summed E-state index contributed by atoms with van der Waals surface area (Å²) < 4.78 is 16.6. The minimum atomic E-state index is -0.395. The molecule has 1 saturated heterocycles. The van der Waals surface area contributed by atoms with Crippen molar-refractivity contribution in [3.63, 3.8) is 0 Å². The Morgan fingerprint density at radius 3 is 2.95 bits per heavy atom. The third-order valence-electron chi connectivity index (χ3n) is 5.73. The van der Waals surface area contributed by atoms with Crippen LogP contribution in [-0.2, 0) is 16.7 Å². The van der Waals surface area contributed by atoms with E-state index in [0.29, 0.717) is 6.54 Å². The van der Waals surface area contributed by atoms with Gasteiger partial charge >= 0.3 is 0 Å². The molecular formula is C17H19NO4. The topological polar surface area (TPSA) is 51.2 Å². The smallest absolute Gasteiger partial charge is 0.231 e. The maximum atomic E-state index is 10.8. The van der Waals surface area contributed by atoms with Crippen LogP contribution in [0, 0.1) is 0 Å². The molecule has 0 radical (unpaired) electrons. The summed E-state index contributed by atoms with van der Waals surface area (Å²) in [7, 11) is 1.75. The predicted molar refractivity (Wildman–Crippen MR) is 79.0 cm³/mol.